The molecule has 4 rings (SSSR count). The number of piperidine rings is 1. The number of rotatable bonds is 3. The van der Waals surface area contributed by atoms with E-state index in [0.29, 0.717) is 23.4 Å². The van der Waals surface area contributed by atoms with Crippen LogP contribution in [0.25, 0.3) is 11.0 Å². The molecule has 3 aromatic rings. The Labute approximate surface area is 155 Å². The lowest BCUT2D eigenvalue weighted by molar-refractivity contribution is -0.00959. The van der Waals surface area contributed by atoms with Gasteiger partial charge >= 0.3 is 0 Å². The van der Waals surface area contributed by atoms with Gasteiger partial charge in [-0.3, -0.25) is 0 Å². The van der Waals surface area contributed by atoms with Crippen LogP contribution in [-0.2, 0) is 15.6 Å². The number of aromatic nitrogens is 2. The van der Waals surface area contributed by atoms with Crippen molar-refractivity contribution < 1.29 is 18.2 Å². The average molecular weight is 394 g/mol. The van der Waals surface area contributed by atoms with E-state index in [9.17, 15) is 13.5 Å². The van der Waals surface area contributed by atoms with Gasteiger partial charge in [0.25, 0.3) is 0 Å². The van der Waals surface area contributed by atoms with E-state index in [1.807, 2.05) is 0 Å². The van der Waals surface area contributed by atoms with Crippen LogP contribution < -0.4 is 0 Å². The molecule has 26 heavy (non-hydrogen) atoms. The van der Waals surface area contributed by atoms with Gasteiger partial charge in [0.15, 0.2) is 5.52 Å². The predicted octanol–water partition coefficient (Wildman–Crippen LogP) is 2.55. The lowest BCUT2D eigenvalue weighted by Gasteiger charge is -2.37. The summed E-state index contributed by atoms with van der Waals surface area (Å²) in [7, 11) is -3.76. The van der Waals surface area contributed by atoms with Gasteiger partial charge in [0, 0.05) is 18.1 Å². The molecule has 1 saturated heterocycles. The highest BCUT2D eigenvalue weighted by Gasteiger charge is 2.39. The van der Waals surface area contributed by atoms with E-state index in [2.05, 4.69) is 14.9 Å². The van der Waals surface area contributed by atoms with Crippen molar-refractivity contribution >= 4 is 32.7 Å². The van der Waals surface area contributed by atoms with Gasteiger partial charge in [-0.05, 0) is 53.0 Å². The molecule has 0 saturated carbocycles. The van der Waals surface area contributed by atoms with Gasteiger partial charge in [0.05, 0.1) is 5.60 Å². The molecule has 0 unspecified atom stereocenters. The highest BCUT2D eigenvalue weighted by atomic mass is 35.5. The van der Waals surface area contributed by atoms with Gasteiger partial charge < -0.3 is 5.11 Å². The topological polar surface area (TPSA) is 96.5 Å². The van der Waals surface area contributed by atoms with E-state index in [1.54, 1.807) is 36.4 Å². The maximum atomic E-state index is 13.0. The molecular formula is C17H16ClN3O4S. The average Bonchev–Trinajstić information content (AvgIpc) is 3.11. The number of fused-ring (bicyclic) bond motifs is 1. The number of hydrogen-bond acceptors (Lipinski definition) is 6. The van der Waals surface area contributed by atoms with E-state index in [1.165, 1.54) is 10.4 Å². The second kappa shape index (κ2) is 6.31. The first-order chi connectivity index (χ1) is 12.4. The van der Waals surface area contributed by atoms with Crippen LogP contribution >= 0.6 is 11.6 Å². The Bertz CT molecular complexity index is 1040. The zero-order valence-corrected chi connectivity index (χ0v) is 15.2. The van der Waals surface area contributed by atoms with Gasteiger partial charge in [0.2, 0.25) is 10.0 Å². The lowest BCUT2D eigenvalue weighted by Crippen LogP contribution is -2.45. The van der Waals surface area contributed by atoms with E-state index >= 15 is 0 Å². The van der Waals surface area contributed by atoms with Crippen molar-refractivity contribution in [2.75, 3.05) is 13.1 Å². The van der Waals surface area contributed by atoms with Crippen molar-refractivity contribution in [3.8, 4) is 0 Å². The normalized spacial score (nSPS) is 18.2. The summed E-state index contributed by atoms with van der Waals surface area (Å²) in [5.74, 6) is 0. The minimum Gasteiger partial charge on any atom is -0.385 e. The van der Waals surface area contributed by atoms with Crippen LogP contribution in [0.1, 0.15) is 18.4 Å². The molecule has 0 radical (unpaired) electrons. The zero-order chi connectivity index (χ0) is 18.4. The maximum absolute atomic E-state index is 13.0. The van der Waals surface area contributed by atoms with Crippen molar-refractivity contribution in [2.45, 2.75) is 23.3 Å². The van der Waals surface area contributed by atoms with Gasteiger partial charge in [-0.15, -0.1) is 0 Å². The van der Waals surface area contributed by atoms with Crippen LogP contribution in [0.2, 0.25) is 5.02 Å². The molecule has 0 spiro atoms. The summed E-state index contributed by atoms with van der Waals surface area (Å²) in [6.07, 6.45) is 0.585. The fourth-order valence-corrected chi connectivity index (χ4v) is 4.98. The summed E-state index contributed by atoms with van der Waals surface area (Å²) in [5, 5.41) is 18.9. The van der Waals surface area contributed by atoms with Gasteiger partial charge in [-0.1, -0.05) is 29.8 Å². The molecule has 136 valence electrons. The number of benzene rings is 2. The first-order valence-electron chi connectivity index (χ1n) is 8.10. The Kier molecular flexibility index (Phi) is 4.23. The van der Waals surface area contributed by atoms with E-state index in [0.717, 1.165) is 5.56 Å². The maximum Gasteiger partial charge on any atom is 0.245 e. The molecule has 2 aromatic carbocycles. The Balaban J connectivity index is 1.59. The molecule has 1 aliphatic heterocycles. The van der Waals surface area contributed by atoms with Gasteiger partial charge in [-0.25, -0.2) is 13.0 Å². The largest absolute Gasteiger partial charge is 0.385 e. The summed E-state index contributed by atoms with van der Waals surface area (Å²) in [4.78, 5) is 0.0631. The quantitative estimate of drug-likeness (QED) is 0.734. The first-order valence-corrected chi connectivity index (χ1v) is 9.92. The number of aliphatic hydroxyl groups is 1. The van der Waals surface area contributed by atoms with Crippen molar-refractivity contribution in [2.24, 2.45) is 0 Å². The van der Waals surface area contributed by atoms with E-state index < -0.39 is 15.6 Å². The van der Waals surface area contributed by atoms with Crippen LogP contribution in [0, 0.1) is 0 Å². The Hall–Kier alpha value is -2.00. The first kappa shape index (κ1) is 17.4. The van der Waals surface area contributed by atoms with Crippen molar-refractivity contribution in [3.63, 3.8) is 0 Å². The number of nitrogens with zero attached hydrogens (tertiary/aromatic N) is 3. The molecule has 2 heterocycles. The Morgan fingerprint density at radius 1 is 1.08 bits per heavy atom. The number of sulfonamides is 1. The Morgan fingerprint density at radius 2 is 1.77 bits per heavy atom. The van der Waals surface area contributed by atoms with E-state index in [4.69, 9.17) is 11.6 Å². The van der Waals surface area contributed by atoms with Crippen LogP contribution in [0.4, 0.5) is 0 Å². The summed E-state index contributed by atoms with van der Waals surface area (Å²) in [5.41, 5.74) is 0.270. The van der Waals surface area contributed by atoms with Crippen molar-refractivity contribution in [1.82, 2.24) is 14.6 Å². The summed E-state index contributed by atoms with van der Waals surface area (Å²) in [6.45, 7) is 0.395. The molecule has 0 atom stereocenters. The lowest BCUT2D eigenvalue weighted by atomic mass is 9.85. The molecule has 7 nitrogen and oxygen atoms in total. The molecule has 1 N–H and O–H groups in total. The molecule has 0 aliphatic carbocycles. The second-order valence-corrected chi connectivity index (χ2v) is 8.67. The minimum atomic E-state index is -3.76. The zero-order valence-electron chi connectivity index (χ0n) is 13.7. The molecule has 0 amide bonds. The highest BCUT2D eigenvalue weighted by Crippen LogP contribution is 2.35. The summed E-state index contributed by atoms with van der Waals surface area (Å²) in [6, 6.07) is 11.7. The van der Waals surface area contributed by atoms with Crippen LogP contribution in [-0.4, -0.2) is 41.2 Å². The number of halogens is 1. The molecule has 9 heteroatoms. The Morgan fingerprint density at radius 3 is 2.46 bits per heavy atom. The standard InChI is InChI=1S/C17H16ClN3O4S/c18-13-6-4-12(5-7-13)17(22)8-10-21(11-9-17)26(23,24)15-3-1-2-14-16(15)20-25-19-14/h1-7,22H,8-11H2. The summed E-state index contributed by atoms with van der Waals surface area (Å²) < 4.78 is 32.0. The fourth-order valence-electron chi connectivity index (χ4n) is 3.27. The molecule has 1 aromatic heterocycles. The second-order valence-electron chi connectivity index (χ2n) is 6.33. The number of hydrogen-bond donors (Lipinski definition) is 1. The minimum absolute atomic E-state index is 0.0631. The molecule has 1 aliphatic rings. The third-order valence-electron chi connectivity index (χ3n) is 4.80. The third kappa shape index (κ3) is 2.88. The van der Waals surface area contributed by atoms with Gasteiger partial charge in [0.1, 0.15) is 10.4 Å². The van der Waals surface area contributed by atoms with E-state index in [-0.39, 0.29) is 23.5 Å². The van der Waals surface area contributed by atoms with Crippen LogP contribution in [0.3, 0.4) is 0 Å². The van der Waals surface area contributed by atoms with Crippen LogP contribution in [0.5, 0.6) is 0 Å². The predicted molar refractivity (Wildman–Crippen MR) is 95.1 cm³/mol. The summed E-state index contributed by atoms with van der Waals surface area (Å²) >= 11 is 5.90. The smallest absolute Gasteiger partial charge is 0.245 e. The molecule has 1 fully saturated rings. The molecular weight excluding hydrogens is 378 g/mol. The van der Waals surface area contributed by atoms with Crippen LogP contribution in [0.15, 0.2) is 52.0 Å². The van der Waals surface area contributed by atoms with Gasteiger partial charge in [-0.2, -0.15) is 4.31 Å². The SMILES string of the molecule is O=S(=O)(c1cccc2nonc12)N1CCC(O)(c2ccc(Cl)cc2)CC1. The fraction of sp³-hybridized carbons (Fsp3) is 0.294. The van der Waals surface area contributed by atoms with Crippen molar-refractivity contribution in [1.29, 1.82) is 0 Å². The molecule has 0 bridgehead atoms. The highest BCUT2D eigenvalue weighted by molar-refractivity contribution is 7.89. The third-order valence-corrected chi connectivity index (χ3v) is 6.98. The van der Waals surface area contributed by atoms with Crippen molar-refractivity contribution in [3.05, 3.63) is 53.1 Å². The monoisotopic (exact) mass is 393 g/mol.